The fourth-order valence-corrected chi connectivity index (χ4v) is 6.35. The molecular formula is C23H23N3O5S2. The Morgan fingerprint density at radius 2 is 1.88 bits per heavy atom. The van der Waals surface area contributed by atoms with Crippen LogP contribution in [0.15, 0.2) is 52.7 Å². The molecule has 1 amide bonds. The highest BCUT2D eigenvalue weighted by Crippen LogP contribution is 2.35. The predicted molar refractivity (Wildman–Crippen MR) is 125 cm³/mol. The summed E-state index contributed by atoms with van der Waals surface area (Å²) in [6.45, 7) is 3.04. The van der Waals surface area contributed by atoms with Crippen LogP contribution in [0.3, 0.4) is 0 Å². The molecule has 10 heteroatoms. The molecule has 1 atom stereocenters. The summed E-state index contributed by atoms with van der Waals surface area (Å²) in [5.74, 6) is 0.580. The van der Waals surface area contributed by atoms with E-state index in [0.717, 1.165) is 16.3 Å². The maximum atomic E-state index is 13.3. The number of amides is 1. The van der Waals surface area contributed by atoms with Crippen LogP contribution in [0.2, 0.25) is 0 Å². The standard InChI is InChI=1S/C23H23N3O5S2/c1-15-24-19(14-32-15)16-4-6-17(7-5-16)25-23(27)20-3-2-10-26(20)33(28,29)18-8-9-21-22(13-18)31-12-11-30-21/h4-9,13-14,20H,2-3,10-12H2,1H3,(H,25,27). The summed E-state index contributed by atoms with van der Waals surface area (Å²) < 4.78 is 39.0. The summed E-state index contributed by atoms with van der Waals surface area (Å²) in [7, 11) is -3.87. The Morgan fingerprint density at radius 1 is 1.12 bits per heavy atom. The van der Waals surface area contributed by atoms with Crippen molar-refractivity contribution in [2.75, 3.05) is 25.1 Å². The third-order valence-electron chi connectivity index (χ3n) is 5.69. The molecular weight excluding hydrogens is 462 g/mol. The molecule has 2 aromatic carbocycles. The van der Waals surface area contributed by atoms with E-state index in [1.165, 1.54) is 16.4 Å². The molecule has 33 heavy (non-hydrogen) atoms. The highest BCUT2D eigenvalue weighted by Gasteiger charge is 2.40. The number of aryl methyl sites for hydroxylation is 1. The summed E-state index contributed by atoms with van der Waals surface area (Å²) >= 11 is 1.58. The zero-order chi connectivity index (χ0) is 23.0. The Morgan fingerprint density at radius 3 is 2.61 bits per heavy atom. The van der Waals surface area contributed by atoms with E-state index in [2.05, 4.69) is 10.3 Å². The number of fused-ring (bicyclic) bond motifs is 1. The zero-order valence-electron chi connectivity index (χ0n) is 18.0. The van der Waals surface area contributed by atoms with E-state index in [0.29, 0.717) is 43.2 Å². The highest BCUT2D eigenvalue weighted by atomic mass is 32.2. The van der Waals surface area contributed by atoms with Crippen molar-refractivity contribution < 1.29 is 22.7 Å². The first kappa shape index (κ1) is 21.9. The number of aromatic nitrogens is 1. The van der Waals surface area contributed by atoms with E-state index >= 15 is 0 Å². The van der Waals surface area contributed by atoms with Gasteiger partial charge in [-0.3, -0.25) is 4.79 Å². The van der Waals surface area contributed by atoms with Gasteiger partial charge in [0.1, 0.15) is 19.3 Å². The Hall–Kier alpha value is -2.95. The molecule has 0 radical (unpaired) electrons. The van der Waals surface area contributed by atoms with E-state index in [4.69, 9.17) is 9.47 Å². The van der Waals surface area contributed by atoms with Crippen LogP contribution < -0.4 is 14.8 Å². The third-order valence-corrected chi connectivity index (χ3v) is 8.37. The fourth-order valence-electron chi connectivity index (χ4n) is 4.06. The monoisotopic (exact) mass is 485 g/mol. The van der Waals surface area contributed by atoms with Gasteiger partial charge in [0.15, 0.2) is 11.5 Å². The van der Waals surface area contributed by atoms with Crippen molar-refractivity contribution in [1.29, 1.82) is 0 Å². The molecule has 1 N–H and O–H groups in total. The molecule has 1 saturated heterocycles. The lowest BCUT2D eigenvalue weighted by Crippen LogP contribution is -2.43. The molecule has 0 spiro atoms. The first-order chi connectivity index (χ1) is 15.9. The highest BCUT2D eigenvalue weighted by molar-refractivity contribution is 7.89. The molecule has 2 aliphatic heterocycles. The van der Waals surface area contributed by atoms with Crippen molar-refractivity contribution >= 4 is 33.0 Å². The summed E-state index contributed by atoms with van der Waals surface area (Å²) in [5, 5.41) is 5.84. The van der Waals surface area contributed by atoms with Crippen LogP contribution in [0.4, 0.5) is 5.69 Å². The van der Waals surface area contributed by atoms with E-state index in [9.17, 15) is 13.2 Å². The molecule has 0 bridgehead atoms. The SMILES string of the molecule is Cc1nc(-c2ccc(NC(=O)C3CCCN3S(=O)(=O)c3ccc4c(c3)OCCO4)cc2)cs1. The van der Waals surface area contributed by atoms with Gasteiger partial charge in [-0.05, 0) is 44.0 Å². The molecule has 1 unspecified atom stereocenters. The van der Waals surface area contributed by atoms with Crippen molar-refractivity contribution in [2.24, 2.45) is 0 Å². The van der Waals surface area contributed by atoms with Gasteiger partial charge in [-0.2, -0.15) is 4.31 Å². The van der Waals surface area contributed by atoms with E-state index in [1.807, 2.05) is 24.4 Å². The minimum atomic E-state index is -3.87. The van der Waals surface area contributed by atoms with Crippen molar-refractivity contribution in [2.45, 2.75) is 30.7 Å². The molecule has 3 heterocycles. The van der Waals surface area contributed by atoms with E-state index in [1.54, 1.807) is 29.5 Å². The first-order valence-electron chi connectivity index (χ1n) is 10.7. The summed E-state index contributed by atoms with van der Waals surface area (Å²) in [5.41, 5.74) is 2.46. The Balaban J connectivity index is 1.32. The molecule has 8 nitrogen and oxygen atoms in total. The fraction of sp³-hybridized carbons (Fsp3) is 0.304. The molecule has 1 aromatic heterocycles. The topological polar surface area (TPSA) is 97.8 Å². The van der Waals surface area contributed by atoms with Gasteiger partial charge >= 0.3 is 0 Å². The number of nitrogens with one attached hydrogen (secondary N) is 1. The Bertz CT molecular complexity index is 1290. The second-order valence-electron chi connectivity index (χ2n) is 7.90. The Labute approximate surface area is 196 Å². The molecule has 5 rings (SSSR count). The minimum absolute atomic E-state index is 0.0920. The number of hydrogen-bond acceptors (Lipinski definition) is 7. The molecule has 172 valence electrons. The average molecular weight is 486 g/mol. The molecule has 0 aliphatic carbocycles. The van der Waals surface area contributed by atoms with Gasteiger partial charge in [-0.15, -0.1) is 11.3 Å². The van der Waals surface area contributed by atoms with Gasteiger partial charge in [-0.25, -0.2) is 13.4 Å². The molecule has 2 aliphatic rings. The van der Waals surface area contributed by atoms with Gasteiger partial charge in [0, 0.05) is 29.2 Å². The normalized spacial score (nSPS) is 18.3. The number of sulfonamides is 1. The maximum absolute atomic E-state index is 13.3. The zero-order valence-corrected chi connectivity index (χ0v) is 19.6. The van der Waals surface area contributed by atoms with Crippen LogP contribution in [0.1, 0.15) is 17.8 Å². The second-order valence-corrected chi connectivity index (χ2v) is 10.9. The smallest absolute Gasteiger partial charge is 0.243 e. The quantitative estimate of drug-likeness (QED) is 0.592. The first-order valence-corrected chi connectivity index (χ1v) is 13.0. The molecule has 1 fully saturated rings. The number of carbonyl (C=O) groups is 1. The molecule has 3 aromatic rings. The largest absolute Gasteiger partial charge is 0.486 e. The Kier molecular flexibility index (Phi) is 5.81. The minimum Gasteiger partial charge on any atom is -0.486 e. The number of rotatable bonds is 5. The van der Waals surface area contributed by atoms with Crippen LogP contribution in [-0.4, -0.2) is 49.4 Å². The second kappa shape index (κ2) is 8.77. The number of nitrogens with zero attached hydrogens (tertiary/aromatic N) is 2. The maximum Gasteiger partial charge on any atom is 0.243 e. The number of thiazole rings is 1. The number of carbonyl (C=O) groups excluding carboxylic acids is 1. The predicted octanol–water partition coefficient (Wildman–Crippen LogP) is 3.68. The lowest BCUT2D eigenvalue weighted by Gasteiger charge is -2.24. The number of hydrogen-bond donors (Lipinski definition) is 1. The molecule has 0 saturated carbocycles. The van der Waals surface area contributed by atoms with Crippen molar-refractivity contribution in [3.63, 3.8) is 0 Å². The van der Waals surface area contributed by atoms with Crippen LogP contribution in [0.25, 0.3) is 11.3 Å². The lowest BCUT2D eigenvalue weighted by atomic mass is 10.1. The lowest BCUT2D eigenvalue weighted by molar-refractivity contribution is -0.119. The van der Waals surface area contributed by atoms with E-state index in [-0.39, 0.29) is 17.3 Å². The third kappa shape index (κ3) is 4.33. The summed E-state index contributed by atoms with van der Waals surface area (Å²) in [4.78, 5) is 17.6. The van der Waals surface area contributed by atoms with Crippen molar-refractivity contribution in [1.82, 2.24) is 9.29 Å². The van der Waals surface area contributed by atoms with Crippen molar-refractivity contribution in [3.8, 4) is 22.8 Å². The van der Waals surface area contributed by atoms with Crippen LogP contribution in [-0.2, 0) is 14.8 Å². The summed E-state index contributed by atoms with van der Waals surface area (Å²) in [6, 6.07) is 11.2. The number of anilines is 1. The van der Waals surface area contributed by atoms with Gasteiger partial charge in [0.2, 0.25) is 15.9 Å². The van der Waals surface area contributed by atoms with Crippen LogP contribution in [0, 0.1) is 6.92 Å². The van der Waals surface area contributed by atoms with E-state index < -0.39 is 16.1 Å². The van der Waals surface area contributed by atoms with Crippen molar-refractivity contribution in [3.05, 3.63) is 52.9 Å². The van der Waals surface area contributed by atoms with Crippen LogP contribution >= 0.6 is 11.3 Å². The average Bonchev–Trinajstić information content (AvgIpc) is 3.49. The van der Waals surface area contributed by atoms with Gasteiger partial charge in [0.25, 0.3) is 0 Å². The van der Waals surface area contributed by atoms with Gasteiger partial charge in [-0.1, -0.05) is 12.1 Å². The number of ether oxygens (including phenoxy) is 2. The van der Waals surface area contributed by atoms with Gasteiger partial charge < -0.3 is 14.8 Å². The summed E-state index contributed by atoms with van der Waals surface area (Å²) in [6.07, 6.45) is 1.08. The van der Waals surface area contributed by atoms with Gasteiger partial charge in [0.05, 0.1) is 15.6 Å². The van der Waals surface area contributed by atoms with Crippen LogP contribution in [0.5, 0.6) is 11.5 Å². The number of benzene rings is 2.